The molecule has 0 spiro atoms. The van der Waals surface area contributed by atoms with Gasteiger partial charge in [-0.2, -0.15) is 5.26 Å². The van der Waals surface area contributed by atoms with Crippen LogP contribution in [0.1, 0.15) is 17.0 Å². The first-order valence-electron chi connectivity index (χ1n) is 7.56. The van der Waals surface area contributed by atoms with Gasteiger partial charge in [-0.1, -0.05) is 17.7 Å². The third kappa shape index (κ3) is 3.17. The Labute approximate surface area is 150 Å². The maximum Gasteiger partial charge on any atom is 0.179 e. The van der Waals surface area contributed by atoms with Gasteiger partial charge in [0.2, 0.25) is 0 Å². The summed E-state index contributed by atoms with van der Waals surface area (Å²) in [6.07, 6.45) is 1.68. The van der Waals surface area contributed by atoms with Crippen LogP contribution in [0.15, 0.2) is 30.3 Å². The summed E-state index contributed by atoms with van der Waals surface area (Å²) in [6.45, 7) is 2.00. The number of rotatable bonds is 4. The zero-order valence-electron chi connectivity index (χ0n) is 14.1. The summed E-state index contributed by atoms with van der Waals surface area (Å²) >= 11 is 6.39. The lowest BCUT2D eigenvalue weighted by Gasteiger charge is -2.11. The van der Waals surface area contributed by atoms with Gasteiger partial charge in [-0.15, -0.1) is 0 Å². The average molecular weight is 354 g/mol. The van der Waals surface area contributed by atoms with Crippen LogP contribution in [0.25, 0.3) is 22.7 Å². The van der Waals surface area contributed by atoms with Gasteiger partial charge in [0.05, 0.1) is 35.8 Å². The van der Waals surface area contributed by atoms with Crippen LogP contribution in [-0.2, 0) is 0 Å². The van der Waals surface area contributed by atoms with Gasteiger partial charge < -0.3 is 14.5 Å². The normalized spacial score (nSPS) is 11.4. The molecule has 0 radical (unpaired) electrons. The van der Waals surface area contributed by atoms with E-state index in [1.165, 1.54) is 7.11 Å². The predicted octanol–water partition coefficient (Wildman–Crippen LogP) is 4.61. The zero-order valence-corrected chi connectivity index (χ0v) is 14.8. The van der Waals surface area contributed by atoms with E-state index in [0.717, 1.165) is 16.6 Å². The maximum absolute atomic E-state index is 9.56. The Balaban J connectivity index is 2.10. The van der Waals surface area contributed by atoms with Crippen molar-refractivity contribution in [3.63, 3.8) is 0 Å². The van der Waals surface area contributed by atoms with Crippen molar-refractivity contribution in [1.29, 1.82) is 5.26 Å². The molecular weight excluding hydrogens is 338 g/mol. The number of allylic oxidation sites excluding steroid dienone is 1. The lowest BCUT2D eigenvalue weighted by atomic mass is 10.1. The molecule has 0 saturated heterocycles. The Morgan fingerprint density at radius 2 is 2.04 bits per heavy atom. The lowest BCUT2D eigenvalue weighted by molar-refractivity contribution is 0.355. The van der Waals surface area contributed by atoms with Crippen LogP contribution in [0.4, 0.5) is 0 Å². The highest BCUT2D eigenvalue weighted by Gasteiger charge is 2.14. The molecule has 1 N–H and O–H groups in total. The third-order valence-electron chi connectivity index (χ3n) is 3.83. The maximum atomic E-state index is 9.56. The van der Waals surface area contributed by atoms with Gasteiger partial charge in [-0.3, -0.25) is 0 Å². The number of aromatic amines is 1. The van der Waals surface area contributed by atoms with Gasteiger partial charge in [0.25, 0.3) is 0 Å². The number of imidazole rings is 1. The first-order chi connectivity index (χ1) is 12.1. The minimum Gasteiger partial charge on any atom is -0.493 e. The summed E-state index contributed by atoms with van der Waals surface area (Å²) in [7, 11) is 3.06. The molecule has 0 saturated carbocycles. The molecular formula is C19H16ClN3O2. The Morgan fingerprint density at radius 1 is 1.24 bits per heavy atom. The number of fused-ring (bicyclic) bond motifs is 1. The van der Waals surface area contributed by atoms with E-state index in [4.69, 9.17) is 21.1 Å². The average Bonchev–Trinajstić information content (AvgIpc) is 3.03. The quantitative estimate of drug-likeness (QED) is 0.695. The monoisotopic (exact) mass is 353 g/mol. The van der Waals surface area contributed by atoms with E-state index in [9.17, 15) is 5.26 Å². The van der Waals surface area contributed by atoms with Gasteiger partial charge in [0.15, 0.2) is 11.5 Å². The van der Waals surface area contributed by atoms with Crippen LogP contribution >= 0.6 is 11.6 Å². The van der Waals surface area contributed by atoms with Gasteiger partial charge in [0.1, 0.15) is 11.9 Å². The molecule has 1 aromatic heterocycles. The Bertz CT molecular complexity index is 1020. The number of nitrogens with one attached hydrogen (secondary N) is 1. The number of aromatic nitrogens is 2. The van der Waals surface area contributed by atoms with Gasteiger partial charge >= 0.3 is 0 Å². The fourth-order valence-electron chi connectivity index (χ4n) is 2.58. The number of benzene rings is 2. The van der Waals surface area contributed by atoms with Gasteiger partial charge in [0, 0.05) is 0 Å². The van der Waals surface area contributed by atoms with Crippen LogP contribution in [-0.4, -0.2) is 24.2 Å². The number of halogens is 1. The highest BCUT2D eigenvalue weighted by molar-refractivity contribution is 6.34. The summed E-state index contributed by atoms with van der Waals surface area (Å²) in [5, 5.41) is 9.94. The number of aryl methyl sites for hydroxylation is 1. The summed E-state index contributed by atoms with van der Waals surface area (Å²) in [4.78, 5) is 7.66. The summed E-state index contributed by atoms with van der Waals surface area (Å²) in [5.74, 6) is 1.45. The fraction of sp³-hybridized carbons (Fsp3) is 0.158. The van der Waals surface area contributed by atoms with Crippen molar-refractivity contribution in [2.75, 3.05) is 14.2 Å². The summed E-state index contributed by atoms with van der Waals surface area (Å²) < 4.78 is 10.5. The molecule has 6 heteroatoms. The molecule has 0 aliphatic carbocycles. The number of ether oxygens (including phenoxy) is 2. The van der Waals surface area contributed by atoms with Crippen LogP contribution < -0.4 is 9.47 Å². The molecule has 0 atom stereocenters. The molecule has 1 heterocycles. The molecule has 0 aliphatic rings. The SMILES string of the molecule is COc1ccc(/C=C(/C#N)c2nc3ccc(C)cc3[nH]2)c(Cl)c1OC. The lowest BCUT2D eigenvalue weighted by Crippen LogP contribution is -1.93. The predicted molar refractivity (Wildman–Crippen MR) is 98.9 cm³/mol. The van der Waals surface area contributed by atoms with Crippen molar-refractivity contribution in [3.8, 4) is 17.6 Å². The second kappa shape index (κ2) is 6.88. The van der Waals surface area contributed by atoms with E-state index in [-0.39, 0.29) is 0 Å². The van der Waals surface area contributed by atoms with Crippen molar-refractivity contribution in [3.05, 3.63) is 52.3 Å². The first kappa shape index (κ1) is 16.9. The van der Waals surface area contributed by atoms with Gasteiger partial charge in [-0.05, 0) is 48.4 Å². The Morgan fingerprint density at radius 3 is 2.72 bits per heavy atom. The second-order valence-corrected chi connectivity index (χ2v) is 5.86. The highest BCUT2D eigenvalue weighted by atomic mass is 35.5. The zero-order chi connectivity index (χ0) is 18.0. The largest absolute Gasteiger partial charge is 0.493 e. The molecule has 0 fully saturated rings. The van der Waals surface area contributed by atoms with E-state index in [0.29, 0.717) is 33.5 Å². The van der Waals surface area contributed by atoms with Crippen molar-refractivity contribution in [2.24, 2.45) is 0 Å². The number of hydrogen-bond acceptors (Lipinski definition) is 4. The van der Waals surface area contributed by atoms with E-state index in [1.807, 2.05) is 25.1 Å². The fourth-order valence-corrected chi connectivity index (χ4v) is 2.86. The molecule has 0 bridgehead atoms. The molecule has 25 heavy (non-hydrogen) atoms. The van der Waals surface area contributed by atoms with Crippen LogP contribution in [0, 0.1) is 18.3 Å². The smallest absolute Gasteiger partial charge is 0.179 e. The molecule has 126 valence electrons. The van der Waals surface area contributed by atoms with Crippen molar-refractivity contribution in [2.45, 2.75) is 6.92 Å². The van der Waals surface area contributed by atoms with Crippen molar-refractivity contribution >= 4 is 34.3 Å². The van der Waals surface area contributed by atoms with Gasteiger partial charge in [-0.25, -0.2) is 4.98 Å². The minimum atomic E-state index is 0.376. The van der Waals surface area contributed by atoms with Crippen LogP contribution in [0.3, 0.4) is 0 Å². The second-order valence-electron chi connectivity index (χ2n) is 5.48. The first-order valence-corrected chi connectivity index (χ1v) is 7.94. The third-order valence-corrected chi connectivity index (χ3v) is 4.22. The number of nitrogens with zero attached hydrogens (tertiary/aromatic N) is 2. The summed E-state index contributed by atoms with van der Waals surface area (Å²) in [6, 6.07) is 11.6. The number of H-pyrrole nitrogens is 1. The number of nitriles is 1. The molecule has 5 nitrogen and oxygen atoms in total. The molecule has 3 aromatic rings. The standard InChI is InChI=1S/C19H16ClN3O2/c1-11-4-6-14-15(8-11)23-19(22-14)13(10-21)9-12-5-7-16(24-2)18(25-3)17(12)20/h4-9H,1-3H3,(H,22,23)/b13-9-. The summed E-state index contributed by atoms with van der Waals surface area (Å²) in [5.41, 5.74) is 3.83. The van der Waals surface area contributed by atoms with Crippen LogP contribution in [0.5, 0.6) is 11.5 Å². The van der Waals surface area contributed by atoms with E-state index >= 15 is 0 Å². The molecule has 2 aromatic carbocycles. The van der Waals surface area contributed by atoms with Crippen LogP contribution in [0.2, 0.25) is 5.02 Å². The highest BCUT2D eigenvalue weighted by Crippen LogP contribution is 2.38. The van der Waals surface area contributed by atoms with E-state index < -0.39 is 0 Å². The van der Waals surface area contributed by atoms with E-state index in [1.54, 1.807) is 25.3 Å². The van der Waals surface area contributed by atoms with Crippen molar-refractivity contribution in [1.82, 2.24) is 9.97 Å². The topological polar surface area (TPSA) is 70.9 Å². The van der Waals surface area contributed by atoms with E-state index in [2.05, 4.69) is 16.0 Å². The molecule has 0 aliphatic heterocycles. The number of methoxy groups -OCH3 is 2. The molecule has 0 unspecified atom stereocenters. The molecule has 0 amide bonds. The van der Waals surface area contributed by atoms with Crippen molar-refractivity contribution < 1.29 is 9.47 Å². The Hall–Kier alpha value is -2.97. The minimum absolute atomic E-state index is 0.376. The molecule has 3 rings (SSSR count). The number of hydrogen-bond donors (Lipinski definition) is 1. The Kier molecular flexibility index (Phi) is 4.64.